The van der Waals surface area contributed by atoms with Gasteiger partial charge in [0.1, 0.15) is 6.61 Å². The average Bonchev–Trinajstić information content (AvgIpc) is 2.79. The van der Waals surface area contributed by atoms with Gasteiger partial charge in [0.2, 0.25) is 5.91 Å². The maximum absolute atomic E-state index is 11.7. The summed E-state index contributed by atoms with van der Waals surface area (Å²) in [5, 5.41) is 3.38. The van der Waals surface area contributed by atoms with Gasteiger partial charge >= 0.3 is 0 Å². The Labute approximate surface area is 118 Å². The molecule has 0 saturated heterocycles. The number of nitrogens with one attached hydrogen (secondary N) is 1. The zero-order valence-corrected chi connectivity index (χ0v) is 11.6. The number of carbonyl (C=O) groups excluding carboxylic acids is 1. The van der Waals surface area contributed by atoms with Gasteiger partial charge in [-0.15, -0.1) is 0 Å². The number of hydrogen-bond acceptors (Lipinski definition) is 3. The number of benzene rings is 1. The molecule has 1 fully saturated rings. The summed E-state index contributed by atoms with van der Waals surface area (Å²) in [7, 11) is 0. The summed E-state index contributed by atoms with van der Waals surface area (Å²) in [6, 6.07) is 6.96. The molecule has 1 aliphatic rings. The van der Waals surface area contributed by atoms with Crippen molar-refractivity contribution in [2.45, 2.75) is 31.2 Å². The maximum atomic E-state index is 11.7. The lowest BCUT2D eigenvalue weighted by Gasteiger charge is -2.22. The van der Waals surface area contributed by atoms with Crippen molar-refractivity contribution < 1.29 is 9.53 Å². The van der Waals surface area contributed by atoms with Crippen molar-refractivity contribution in [1.29, 1.82) is 0 Å². The number of nitrogens with two attached hydrogens (primary N) is 1. The van der Waals surface area contributed by atoms with Gasteiger partial charge in [-0.2, -0.15) is 0 Å². The minimum absolute atomic E-state index is 0.0293. The third-order valence-electron chi connectivity index (χ3n) is 3.35. The van der Waals surface area contributed by atoms with Crippen molar-refractivity contribution in [3.8, 4) is 0 Å². The lowest BCUT2D eigenvalue weighted by atomic mass is 10.0. The van der Waals surface area contributed by atoms with Gasteiger partial charge in [-0.1, -0.05) is 24.4 Å². The van der Waals surface area contributed by atoms with E-state index in [0.29, 0.717) is 17.3 Å². The molecule has 0 heterocycles. The minimum atomic E-state index is -0.236. The minimum Gasteiger partial charge on any atom is -0.370 e. The zero-order chi connectivity index (χ0) is 13.7. The summed E-state index contributed by atoms with van der Waals surface area (Å²) in [4.78, 5) is 11.7. The fourth-order valence-corrected chi connectivity index (χ4v) is 2.43. The monoisotopic (exact) mass is 282 g/mol. The number of halogens is 1. The molecule has 5 heteroatoms. The molecule has 3 N–H and O–H groups in total. The van der Waals surface area contributed by atoms with E-state index in [0.717, 1.165) is 25.7 Å². The number of anilines is 1. The van der Waals surface area contributed by atoms with Crippen LogP contribution in [0.25, 0.3) is 0 Å². The van der Waals surface area contributed by atoms with E-state index in [1.54, 1.807) is 24.3 Å². The predicted octanol–water partition coefficient (Wildman–Crippen LogP) is 2.57. The molecule has 1 aromatic carbocycles. The molecule has 4 nitrogen and oxygen atoms in total. The third-order valence-corrected chi connectivity index (χ3v) is 3.60. The van der Waals surface area contributed by atoms with Crippen LogP contribution in [0.5, 0.6) is 0 Å². The van der Waals surface area contributed by atoms with Crippen LogP contribution in [-0.4, -0.2) is 24.7 Å². The molecule has 1 amide bonds. The van der Waals surface area contributed by atoms with Crippen LogP contribution in [0, 0.1) is 0 Å². The van der Waals surface area contributed by atoms with Crippen LogP contribution in [0.4, 0.5) is 5.69 Å². The van der Waals surface area contributed by atoms with E-state index in [4.69, 9.17) is 22.1 Å². The highest BCUT2D eigenvalue weighted by atomic mass is 35.5. The summed E-state index contributed by atoms with van der Waals surface area (Å²) in [6.07, 6.45) is 4.26. The number of amides is 1. The lowest BCUT2D eigenvalue weighted by molar-refractivity contribution is -0.121. The van der Waals surface area contributed by atoms with Crippen LogP contribution in [0.1, 0.15) is 25.7 Å². The molecule has 19 heavy (non-hydrogen) atoms. The fraction of sp³-hybridized carbons (Fsp3) is 0.500. The molecule has 1 aromatic rings. The van der Waals surface area contributed by atoms with Gasteiger partial charge in [0, 0.05) is 16.2 Å². The predicted molar refractivity (Wildman–Crippen MR) is 76.3 cm³/mol. The van der Waals surface area contributed by atoms with Crippen LogP contribution >= 0.6 is 11.6 Å². The molecule has 2 rings (SSSR count). The van der Waals surface area contributed by atoms with Crippen LogP contribution in [0.3, 0.4) is 0 Å². The Kier molecular flexibility index (Phi) is 4.80. The smallest absolute Gasteiger partial charge is 0.250 e. The molecule has 1 aliphatic carbocycles. The topological polar surface area (TPSA) is 64.3 Å². The van der Waals surface area contributed by atoms with Crippen LogP contribution in [0.15, 0.2) is 24.3 Å². The maximum Gasteiger partial charge on any atom is 0.250 e. The summed E-state index contributed by atoms with van der Waals surface area (Å²) < 4.78 is 5.42. The lowest BCUT2D eigenvalue weighted by Crippen LogP contribution is -2.42. The van der Waals surface area contributed by atoms with Crippen molar-refractivity contribution in [3.63, 3.8) is 0 Å². The van der Waals surface area contributed by atoms with E-state index >= 15 is 0 Å². The van der Waals surface area contributed by atoms with E-state index < -0.39 is 0 Å². The van der Waals surface area contributed by atoms with Crippen molar-refractivity contribution in [3.05, 3.63) is 29.3 Å². The van der Waals surface area contributed by atoms with Crippen molar-refractivity contribution in [2.24, 2.45) is 5.73 Å². The second kappa shape index (κ2) is 6.37. The molecular formula is C14H19ClN2O2. The molecule has 0 bridgehead atoms. The van der Waals surface area contributed by atoms with E-state index in [2.05, 4.69) is 5.32 Å². The molecule has 1 saturated carbocycles. The van der Waals surface area contributed by atoms with Gasteiger partial charge in [0.25, 0.3) is 0 Å². The Morgan fingerprint density at radius 2 is 1.95 bits per heavy atom. The first kappa shape index (κ1) is 14.3. The van der Waals surface area contributed by atoms with Gasteiger partial charge in [0.15, 0.2) is 0 Å². The molecule has 104 valence electrons. The standard InChI is InChI=1S/C14H19ClN2O2/c15-11-3-5-12(6-4-11)17-13(18)9-19-10-14(16)7-1-2-8-14/h3-6H,1-2,7-10,16H2,(H,17,18). The van der Waals surface area contributed by atoms with E-state index in [1.165, 1.54) is 0 Å². The quantitative estimate of drug-likeness (QED) is 0.872. The highest BCUT2D eigenvalue weighted by molar-refractivity contribution is 6.30. The highest BCUT2D eigenvalue weighted by Crippen LogP contribution is 2.27. The Morgan fingerprint density at radius 3 is 2.58 bits per heavy atom. The molecule has 0 aliphatic heterocycles. The van der Waals surface area contributed by atoms with Gasteiger partial charge in [0.05, 0.1) is 6.61 Å². The number of rotatable bonds is 5. The molecule has 0 unspecified atom stereocenters. The summed E-state index contributed by atoms with van der Waals surface area (Å²) in [6.45, 7) is 0.475. The van der Waals surface area contributed by atoms with E-state index in [1.807, 2.05) is 0 Å². The van der Waals surface area contributed by atoms with Gasteiger partial charge in [-0.3, -0.25) is 4.79 Å². The molecule has 0 aromatic heterocycles. The number of ether oxygens (including phenoxy) is 1. The summed E-state index contributed by atoms with van der Waals surface area (Å²) in [5.74, 6) is -0.177. The number of hydrogen-bond donors (Lipinski definition) is 2. The van der Waals surface area contributed by atoms with Gasteiger partial charge in [-0.25, -0.2) is 0 Å². The summed E-state index contributed by atoms with van der Waals surface area (Å²) >= 11 is 5.77. The first-order chi connectivity index (χ1) is 9.07. The average molecular weight is 283 g/mol. The van der Waals surface area contributed by atoms with Crippen molar-refractivity contribution in [2.75, 3.05) is 18.5 Å². The molecule has 0 spiro atoms. The van der Waals surface area contributed by atoms with Crippen molar-refractivity contribution >= 4 is 23.2 Å². The Bertz CT molecular complexity index is 428. The Morgan fingerprint density at radius 1 is 1.32 bits per heavy atom. The van der Waals surface area contributed by atoms with Gasteiger partial charge in [-0.05, 0) is 37.1 Å². The molecule has 0 radical (unpaired) electrons. The second-order valence-electron chi connectivity index (χ2n) is 5.12. The van der Waals surface area contributed by atoms with Crippen LogP contribution in [-0.2, 0) is 9.53 Å². The Balaban J connectivity index is 1.71. The zero-order valence-electron chi connectivity index (χ0n) is 10.8. The normalized spacial score (nSPS) is 17.4. The second-order valence-corrected chi connectivity index (χ2v) is 5.55. The van der Waals surface area contributed by atoms with Crippen LogP contribution < -0.4 is 11.1 Å². The first-order valence-electron chi connectivity index (χ1n) is 6.49. The summed E-state index contributed by atoms with van der Waals surface area (Å²) in [5.41, 5.74) is 6.62. The van der Waals surface area contributed by atoms with Crippen LogP contribution in [0.2, 0.25) is 5.02 Å². The molecular weight excluding hydrogens is 264 g/mol. The van der Waals surface area contributed by atoms with E-state index in [-0.39, 0.29) is 18.1 Å². The third kappa shape index (κ3) is 4.49. The largest absolute Gasteiger partial charge is 0.370 e. The fourth-order valence-electron chi connectivity index (χ4n) is 2.30. The number of carbonyl (C=O) groups is 1. The van der Waals surface area contributed by atoms with E-state index in [9.17, 15) is 4.79 Å². The van der Waals surface area contributed by atoms with Crippen molar-refractivity contribution in [1.82, 2.24) is 0 Å². The molecule has 0 atom stereocenters. The SMILES string of the molecule is NC1(COCC(=O)Nc2ccc(Cl)cc2)CCCC1. The Hall–Kier alpha value is -1.10. The highest BCUT2D eigenvalue weighted by Gasteiger charge is 2.29. The van der Waals surface area contributed by atoms with Gasteiger partial charge < -0.3 is 15.8 Å². The first-order valence-corrected chi connectivity index (χ1v) is 6.87.